The maximum atomic E-state index is 12.2. The van der Waals surface area contributed by atoms with Gasteiger partial charge in [-0.3, -0.25) is 19.1 Å². The molecular formula is C18H26N4O5S. The molecule has 0 bridgehead atoms. The normalized spacial score (nSPS) is 16.9. The maximum Gasteiger partial charge on any atom is 0.251 e. The minimum Gasteiger partial charge on any atom is -0.354 e. The van der Waals surface area contributed by atoms with Crippen molar-refractivity contribution in [1.82, 2.24) is 15.5 Å². The van der Waals surface area contributed by atoms with Crippen LogP contribution in [0.3, 0.4) is 0 Å². The highest BCUT2D eigenvalue weighted by Gasteiger charge is 2.35. The van der Waals surface area contributed by atoms with Crippen molar-refractivity contribution < 1.29 is 22.8 Å². The smallest absolute Gasteiger partial charge is 0.251 e. The van der Waals surface area contributed by atoms with Crippen molar-refractivity contribution in [2.75, 3.05) is 30.6 Å². The molecule has 1 aromatic carbocycles. The molecule has 0 radical (unpaired) electrons. The molecule has 0 aliphatic carbocycles. The maximum absolute atomic E-state index is 12.2. The molecule has 9 nitrogen and oxygen atoms in total. The SMILES string of the molecule is CC(C)N1CC(C(=O)NCCNC(=O)c2ccc(NS(C)(=O)=O)cc2)CC1=O. The van der Waals surface area contributed by atoms with Gasteiger partial charge in [0.1, 0.15) is 0 Å². The molecule has 2 rings (SSSR count). The van der Waals surface area contributed by atoms with E-state index in [1.807, 2.05) is 13.8 Å². The van der Waals surface area contributed by atoms with Gasteiger partial charge < -0.3 is 15.5 Å². The molecule has 1 aliphatic rings. The van der Waals surface area contributed by atoms with Gasteiger partial charge in [-0.1, -0.05) is 0 Å². The molecule has 0 spiro atoms. The molecule has 1 heterocycles. The number of benzene rings is 1. The van der Waals surface area contributed by atoms with E-state index in [1.165, 1.54) is 24.3 Å². The molecule has 28 heavy (non-hydrogen) atoms. The van der Waals surface area contributed by atoms with E-state index >= 15 is 0 Å². The predicted octanol–water partition coefficient (Wildman–Crippen LogP) is 0.161. The van der Waals surface area contributed by atoms with Crippen LogP contribution in [0.25, 0.3) is 0 Å². The minimum absolute atomic E-state index is 0.0164. The first-order valence-corrected chi connectivity index (χ1v) is 10.9. The second-order valence-electron chi connectivity index (χ2n) is 7.04. The number of carbonyl (C=O) groups excluding carboxylic acids is 3. The number of nitrogens with zero attached hydrogens (tertiary/aromatic N) is 1. The summed E-state index contributed by atoms with van der Waals surface area (Å²) < 4.78 is 24.7. The van der Waals surface area contributed by atoms with E-state index in [2.05, 4.69) is 15.4 Å². The van der Waals surface area contributed by atoms with Crippen LogP contribution < -0.4 is 15.4 Å². The van der Waals surface area contributed by atoms with Crippen LogP contribution in [0.2, 0.25) is 0 Å². The number of nitrogens with one attached hydrogen (secondary N) is 3. The fourth-order valence-electron chi connectivity index (χ4n) is 2.92. The Morgan fingerprint density at radius 2 is 1.75 bits per heavy atom. The zero-order valence-corrected chi connectivity index (χ0v) is 17.0. The van der Waals surface area contributed by atoms with E-state index < -0.39 is 10.0 Å². The first kappa shape index (κ1) is 21.7. The Hall–Kier alpha value is -2.62. The van der Waals surface area contributed by atoms with Crippen LogP contribution in [-0.2, 0) is 19.6 Å². The molecule has 3 N–H and O–H groups in total. The van der Waals surface area contributed by atoms with Gasteiger partial charge in [-0.2, -0.15) is 0 Å². The van der Waals surface area contributed by atoms with Crippen LogP contribution in [0.1, 0.15) is 30.6 Å². The third-order valence-corrected chi connectivity index (χ3v) is 4.92. The Morgan fingerprint density at radius 1 is 1.14 bits per heavy atom. The summed E-state index contributed by atoms with van der Waals surface area (Å²) in [5, 5.41) is 5.42. The third-order valence-electron chi connectivity index (χ3n) is 4.31. The average Bonchev–Trinajstić information content (AvgIpc) is 3.00. The number of anilines is 1. The van der Waals surface area contributed by atoms with Gasteiger partial charge in [-0.25, -0.2) is 8.42 Å². The van der Waals surface area contributed by atoms with Crippen molar-refractivity contribution in [2.45, 2.75) is 26.3 Å². The largest absolute Gasteiger partial charge is 0.354 e. The average molecular weight is 410 g/mol. The second-order valence-corrected chi connectivity index (χ2v) is 8.79. The highest BCUT2D eigenvalue weighted by Crippen LogP contribution is 2.20. The Labute approximate surface area is 164 Å². The van der Waals surface area contributed by atoms with E-state index in [0.29, 0.717) is 17.8 Å². The Bertz CT molecular complexity index is 836. The van der Waals surface area contributed by atoms with Crippen molar-refractivity contribution in [1.29, 1.82) is 0 Å². The molecular weight excluding hydrogens is 384 g/mol. The first-order valence-electron chi connectivity index (χ1n) is 9.00. The van der Waals surface area contributed by atoms with E-state index in [4.69, 9.17) is 0 Å². The van der Waals surface area contributed by atoms with Gasteiger partial charge in [0.25, 0.3) is 5.91 Å². The molecule has 1 atom stereocenters. The van der Waals surface area contributed by atoms with Gasteiger partial charge in [0.15, 0.2) is 0 Å². The van der Waals surface area contributed by atoms with Crippen molar-refractivity contribution in [3.63, 3.8) is 0 Å². The number of amides is 3. The molecule has 1 aromatic rings. The van der Waals surface area contributed by atoms with E-state index in [-0.39, 0.29) is 49.2 Å². The molecule has 1 unspecified atom stereocenters. The summed E-state index contributed by atoms with van der Waals surface area (Å²) in [6.45, 7) is 4.74. The topological polar surface area (TPSA) is 125 Å². The lowest BCUT2D eigenvalue weighted by Crippen LogP contribution is -2.39. The lowest BCUT2D eigenvalue weighted by molar-refractivity contribution is -0.129. The number of carbonyl (C=O) groups is 3. The molecule has 0 aromatic heterocycles. The number of likely N-dealkylation sites (tertiary alicyclic amines) is 1. The van der Waals surface area contributed by atoms with Crippen LogP contribution in [0.5, 0.6) is 0 Å². The first-order chi connectivity index (χ1) is 13.1. The second kappa shape index (κ2) is 9.05. The van der Waals surface area contributed by atoms with E-state index in [9.17, 15) is 22.8 Å². The van der Waals surface area contributed by atoms with Crippen molar-refractivity contribution >= 4 is 33.4 Å². The van der Waals surface area contributed by atoms with Crippen LogP contribution >= 0.6 is 0 Å². The van der Waals surface area contributed by atoms with Crippen molar-refractivity contribution in [2.24, 2.45) is 5.92 Å². The van der Waals surface area contributed by atoms with Gasteiger partial charge in [0.05, 0.1) is 12.2 Å². The molecule has 0 saturated carbocycles. The summed E-state index contributed by atoms with van der Waals surface area (Å²) in [6.07, 6.45) is 1.26. The molecule has 1 saturated heterocycles. The molecule has 10 heteroatoms. The number of hydrogen-bond acceptors (Lipinski definition) is 5. The molecule has 3 amide bonds. The molecule has 1 fully saturated rings. The summed E-state index contributed by atoms with van der Waals surface area (Å²) in [5.41, 5.74) is 0.743. The highest BCUT2D eigenvalue weighted by molar-refractivity contribution is 7.92. The van der Waals surface area contributed by atoms with Crippen LogP contribution in [0.15, 0.2) is 24.3 Å². The van der Waals surface area contributed by atoms with Gasteiger partial charge in [0.2, 0.25) is 21.8 Å². The minimum atomic E-state index is -3.37. The fourth-order valence-corrected chi connectivity index (χ4v) is 3.48. The van der Waals surface area contributed by atoms with Crippen LogP contribution in [-0.4, -0.2) is 63.0 Å². The Kier molecular flexibility index (Phi) is 7.00. The summed E-state index contributed by atoms with van der Waals surface area (Å²) >= 11 is 0. The number of sulfonamides is 1. The van der Waals surface area contributed by atoms with E-state index in [1.54, 1.807) is 4.90 Å². The summed E-state index contributed by atoms with van der Waals surface area (Å²) in [6, 6.07) is 6.08. The lowest BCUT2D eigenvalue weighted by Gasteiger charge is -2.20. The monoisotopic (exact) mass is 410 g/mol. The zero-order valence-electron chi connectivity index (χ0n) is 16.2. The standard InChI is InChI=1S/C18H26N4O5S/c1-12(2)22-11-14(10-16(22)23)18(25)20-9-8-19-17(24)13-4-6-15(7-5-13)21-28(3,26)27/h4-7,12,14,21H,8-11H2,1-3H3,(H,19,24)(H,20,25). The van der Waals surface area contributed by atoms with Gasteiger partial charge in [0, 0.05) is 43.3 Å². The van der Waals surface area contributed by atoms with Gasteiger partial charge in [-0.05, 0) is 38.1 Å². The van der Waals surface area contributed by atoms with Crippen molar-refractivity contribution in [3.8, 4) is 0 Å². The summed E-state index contributed by atoms with van der Waals surface area (Å²) in [7, 11) is -3.37. The van der Waals surface area contributed by atoms with Gasteiger partial charge in [-0.15, -0.1) is 0 Å². The quantitative estimate of drug-likeness (QED) is 0.527. The Morgan fingerprint density at radius 3 is 2.29 bits per heavy atom. The lowest BCUT2D eigenvalue weighted by atomic mass is 10.1. The zero-order chi connectivity index (χ0) is 20.9. The van der Waals surface area contributed by atoms with Gasteiger partial charge >= 0.3 is 0 Å². The number of hydrogen-bond donors (Lipinski definition) is 3. The fraction of sp³-hybridized carbons (Fsp3) is 0.500. The van der Waals surface area contributed by atoms with E-state index in [0.717, 1.165) is 6.26 Å². The van der Waals surface area contributed by atoms with Crippen LogP contribution in [0, 0.1) is 5.92 Å². The van der Waals surface area contributed by atoms with Crippen molar-refractivity contribution in [3.05, 3.63) is 29.8 Å². The molecule has 154 valence electrons. The molecule has 1 aliphatic heterocycles. The highest BCUT2D eigenvalue weighted by atomic mass is 32.2. The Balaban J connectivity index is 1.74. The summed E-state index contributed by atoms with van der Waals surface area (Å²) in [4.78, 5) is 37.8. The predicted molar refractivity (Wildman–Crippen MR) is 105 cm³/mol. The summed E-state index contributed by atoms with van der Waals surface area (Å²) in [5.74, 6) is -0.901. The third kappa shape index (κ3) is 6.22. The van der Waals surface area contributed by atoms with Crippen LogP contribution in [0.4, 0.5) is 5.69 Å². The number of rotatable bonds is 8.